The quantitative estimate of drug-likeness (QED) is 0.233. The van der Waals surface area contributed by atoms with Crippen molar-refractivity contribution in [3.63, 3.8) is 0 Å². The zero-order chi connectivity index (χ0) is 25.9. The molecular weight excluding hydrogens is 472 g/mol. The molecule has 0 atom stereocenters. The maximum Gasteiger partial charge on any atom is 0.123 e. The Morgan fingerprint density at radius 2 is 0.711 bits per heavy atom. The van der Waals surface area contributed by atoms with Gasteiger partial charge >= 0.3 is 0 Å². The fourth-order valence-electron chi connectivity index (χ4n) is 4.37. The van der Waals surface area contributed by atoms with E-state index in [1.165, 1.54) is 0 Å². The zero-order valence-electron chi connectivity index (χ0n) is 20.2. The summed E-state index contributed by atoms with van der Waals surface area (Å²) in [6.07, 6.45) is 0. The first-order valence-electron chi connectivity index (χ1n) is 12.1. The van der Waals surface area contributed by atoms with Crippen molar-refractivity contribution < 1.29 is 10.2 Å². The number of hydrogen-bond acceptors (Lipinski definition) is 6. The molecule has 0 aliphatic rings. The van der Waals surface area contributed by atoms with Crippen LogP contribution in [-0.4, -0.2) is 10.2 Å². The first kappa shape index (κ1) is 23.1. The van der Waals surface area contributed by atoms with Gasteiger partial charge < -0.3 is 10.2 Å². The molecular formula is C32H22N4O2. The van der Waals surface area contributed by atoms with Gasteiger partial charge in [0.05, 0.1) is 22.7 Å². The van der Waals surface area contributed by atoms with Gasteiger partial charge in [0.2, 0.25) is 0 Å². The summed E-state index contributed by atoms with van der Waals surface area (Å²) in [6.45, 7) is 0. The third-order valence-corrected chi connectivity index (χ3v) is 6.37. The van der Waals surface area contributed by atoms with Gasteiger partial charge in [-0.05, 0) is 59.7 Å². The summed E-state index contributed by atoms with van der Waals surface area (Å²) >= 11 is 0. The first-order chi connectivity index (χ1) is 18.7. The van der Waals surface area contributed by atoms with Crippen LogP contribution in [0.4, 0.5) is 22.7 Å². The molecule has 6 heteroatoms. The summed E-state index contributed by atoms with van der Waals surface area (Å²) in [7, 11) is 0. The van der Waals surface area contributed by atoms with Crippen LogP contribution in [0.5, 0.6) is 11.5 Å². The van der Waals surface area contributed by atoms with Crippen molar-refractivity contribution in [1.82, 2.24) is 0 Å². The minimum atomic E-state index is 0.227. The fraction of sp³-hybridized carbons (Fsp3) is 0. The highest BCUT2D eigenvalue weighted by atomic mass is 16.3. The Balaban J connectivity index is 1.18. The van der Waals surface area contributed by atoms with Crippen molar-refractivity contribution in [2.75, 3.05) is 0 Å². The number of hydrogen-bond donors (Lipinski definition) is 2. The molecule has 0 aromatic heterocycles. The molecule has 2 N–H and O–H groups in total. The Kier molecular flexibility index (Phi) is 6.04. The first-order valence-corrected chi connectivity index (χ1v) is 12.1. The maximum atomic E-state index is 10.1. The average molecular weight is 495 g/mol. The van der Waals surface area contributed by atoms with Gasteiger partial charge in [-0.1, -0.05) is 72.8 Å². The minimum Gasteiger partial charge on any atom is -0.507 e. The minimum absolute atomic E-state index is 0.227. The summed E-state index contributed by atoms with van der Waals surface area (Å²) in [5.74, 6) is 0.454. The SMILES string of the molecule is Oc1ccc(N=Nc2ccc(-c3ccc(N=Nc4ccc(O)c5ccccc45)cc3)cc2)c2ccccc12. The van der Waals surface area contributed by atoms with Crippen LogP contribution in [0, 0.1) is 0 Å². The van der Waals surface area contributed by atoms with Gasteiger partial charge in [0.1, 0.15) is 11.5 Å². The van der Waals surface area contributed by atoms with Crippen LogP contribution in [0.3, 0.4) is 0 Å². The third kappa shape index (κ3) is 4.58. The van der Waals surface area contributed by atoms with Gasteiger partial charge in [0.15, 0.2) is 0 Å². The molecule has 6 aromatic carbocycles. The van der Waals surface area contributed by atoms with Crippen LogP contribution < -0.4 is 0 Å². The third-order valence-electron chi connectivity index (χ3n) is 6.37. The smallest absolute Gasteiger partial charge is 0.123 e. The van der Waals surface area contributed by atoms with Crippen LogP contribution >= 0.6 is 0 Å². The predicted molar refractivity (Wildman–Crippen MR) is 151 cm³/mol. The molecule has 6 aromatic rings. The Hall–Kier alpha value is -5.36. The molecule has 0 aliphatic heterocycles. The number of azo groups is 2. The lowest BCUT2D eigenvalue weighted by atomic mass is 10.1. The number of fused-ring (bicyclic) bond motifs is 2. The highest BCUT2D eigenvalue weighted by molar-refractivity contribution is 5.97. The number of phenols is 2. The van der Waals surface area contributed by atoms with Crippen molar-refractivity contribution in [3.05, 3.63) is 121 Å². The summed E-state index contributed by atoms with van der Waals surface area (Å²) in [5.41, 5.74) is 4.97. The lowest BCUT2D eigenvalue weighted by molar-refractivity contribution is 0.481. The highest BCUT2D eigenvalue weighted by Crippen LogP contribution is 2.35. The molecule has 0 saturated heterocycles. The van der Waals surface area contributed by atoms with Crippen LogP contribution in [0.25, 0.3) is 32.7 Å². The number of nitrogens with zero attached hydrogens (tertiary/aromatic N) is 4. The highest BCUT2D eigenvalue weighted by Gasteiger charge is 2.06. The monoisotopic (exact) mass is 494 g/mol. The van der Waals surface area contributed by atoms with E-state index in [1.807, 2.05) is 97.1 Å². The second-order valence-electron chi connectivity index (χ2n) is 8.79. The van der Waals surface area contributed by atoms with E-state index in [0.717, 1.165) is 44.0 Å². The van der Waals surface area contributed by atoms with Gasteiger partial charge in [0.25, 0.3) is 0 Å². The molecule has 0 spiro atoms. The van der Waals surface area contributed by atoms with E-state index in [1.54, 1.807) is 24.3 Å². The Labute approximate surface area is 218 Å². The lowest BCUT2D eigenvalue weighted by Crippen LogP contribution is -1.77. The molecule has 6 nitrogen and oxygen atoms in total. The van der Waals surface area contributed by atoms with E-state index < -0.39 is 0 Å². The average Bonchev–Trinajstić information content (AvgIpc) is 2.97. The molecule has 38 heavy (non-hydrogen) atoms. The van der Waals surface area contributed by atoms with Crippen molar-refractivity contribution >= 4 is 44.3 Å². The van der Waals surface area contributed by atoms with E-state index in [9.17, 15) is 10.2 Å². The molecule has 182 valence electrons. The van der Waals surface area contributed by atoms with Crippen molar-refractivity contribution in [2.45, 2.75) is 0 Å². The standard InChI is InChI=1S/C32H22N4O2/c37-31-19-17-29(25-5-1-3-7-27(25)31)35-33-23-13-9-21(10-14-23)22-11-15-24(16-12-22)34-36-30-18-20-32(38)28-8-4-2-6-26(28)30/h1-20,37-38H. The Bertz CT molecular complexity index is 1690. The lowest BCUT2D eigenvalue weighted by Gasteiger charge is -2.04. The molecule has 0 fully saturated rings. The van der Waals surface area contributed by atoms with Gasteiger partial charge in [-0.25, -0.2) is 0 Å². The molecule has 0 amide bonds. The van der Waals surface area contributed by atoms with E-state index in [0.29, 0.717) is 11.4 Å². The Morgan fingerprint density at radius 3 is 1.11 bits per heavy atom. The van der Waals surface area contributed by atoms with Gasteiger partial charge in [0, 0.05) is 21.5 Å². The fourth-order valence-corrected chi connectivity index (χ4v) is 4.37. The zero-order valence-corrected chi connectivity index (χ0v) is 20.2. The van der Waals surface area contributed by atoms with Crippen molar-refractivity contribution in [2.24, 2.45) is 20.5 Å². The molecule has 0 bridgehead atoms. The van der Waals surface area contributed by atoms with E-state index in [4.69, 9.17) is 0 Å². The molecule has 0 saturated carbocycles. The second kappa shape index (κ2) is 9.95. The van der Waals surface area contributed by atoms with Gasteiger partial charge in [-0.3, -0.25) is 0 Å². The molecule has 0 aliphatic carbocycles. The second-order valence-corrected chi connectivity index (χ2v) is 8.79. The van der Waals surface area contributed by atoms with Gasteiger partial charge in [-0.15, -0.1) is 10.2 Å². The van der Waals surface area contributed by atoms with E-state index in [2.05, 4.69) is 20.5 Å². The normalized spacial score (nSPS) is 11.7. The van der Waals surface area contributed by atoms with Crippen molar-refractivity contribution in [1.29, 1.82) is 0 Å². The van der Waals surface area contributed by atoms with Crippen LogP contribution in [0.2, 0.25) is 0 Å². The van der Waals surface area contributed by atoms with Crippen LogP contribution in [0.1, 0.15) is 0 Å². The number of aromatic hydroxyl groups is 2. The molecule has 0 heterocycles. The van der Waals surface area contributed by atoms with Gasteiger partial charge in [-0.2, -0.15) is 10.2 Å². The largest absolute Gasteiger partial charge is 0.507 e. The van der Waals surface area contributed by atoms with Crippen molar-refractivity contribution in [3.8, 4) is 22.6 Å². The van der Waals surface area contributed by atoms with E-state index in [-0.39, 0.29) is 11.5 Å². The summed E-state index contributed by atoms with van der Waals surface area (Å²) < 4.78 is 0. The number of phenolic OH excluding ortho intramolecular Hbond substituents is 2. The van der Waals surface area contributed by atoms with Crippen LogP contribution in [0.15, 0.2) is 142 Å². The summed E-state index contributed by atoms with van der Waals surface area (Å²) in [4.78, 5) is 0. The predicted octanol–water partition coefficient (Wildman–Crippen LogP) is 9.90. The summed E-state index contributed by atoms with van der Waals surface area (Å²) in [6, 6.07) is 37.6. The number of benzene rings is 6. The molecule has 0 unspecified atom stereocenters. The molecule has 6 rings (SSSR count). The maximum absolute atomic E-state index is 10.1. The summed E-state index contributed by atoms with van der Waals surface area (Å²) in [5, 5.41) is 40.9. The van der Waals surface area contributed by atoms with E-state index >= 15 is 0 Å². The number of rotatable bonds is 5. The Morgan fingerprint density at radius 1 is 0.342 bits per heavy atom. The van der Waals surface area contributed by atoms with Crippen LogP contribution in [-0.2, 0) is 0 Å². The topological polar surface area (TPSA) is 89.9 Å². The molecule has 0 radical (unpaired) electrons.